The van der Waals surface area contributed by atoms with E-state index in [-0.39, 0.29) is 11.9 Å². The Hall–Kier alpha value is -1.89. The summed E-state index contributed by atoms with van der Waals surface area (Å²) in [5, 5.41) is 4.63. The Kier molecular flexibility index (Phi) is 5.31. The highest BCUT2D eigenvalue weighted by Gasteiger charge is 2.17. The molecular formula is C11H18N4O3. The smallest absolute Gasteiger partial charge is 0.319 e. The van der Waals surface area contributed by atoms with Crippen LogP contribution in [-0.4, -0.2) is 48.9 Å². The standard InChI is InChI=1S/C11H18N4O3/c1-15-6-4-8(5-7-15)13-9(16)2-3-10(17)14-11(12)18/h2-3,8H,4-7H2,1H3,(H,13,16)(H3,12,14,17,18)/b3-2-. The second kappa shape index (κ2) is 6.75. The molecule has 7 nitrogen and oxygen atoms in total. The van der Waals surface area contributed by atoms with E-state index in [1.807, 2.05) is 12.4 Å². The van der Waals surface area contributed by atoms with E-state index in [0.717, 1.165) is 38.1 Å². The Bertz CT molecular complexity index is 359. The summed E-state index contributed by atoms with van der Waals surface area (Å²) in [6.07, 6.45) is 3.86. The summed E-state index contributed by atoms with van der Waals surface area (Å²) < 4.78 is 0. The fraction of sp³-hybridized carbons (Fsp3) is 0.545. The molecule has 1 fully saturated rings. The molecule has 0 aromatic heterocycles. The summed E-state index contributed by atoms with van der Waals surface area (Å²) in [5.74, 6) is -1.05. The first kappa shape index (κ1) is 14.2. The maximum atomic E-state index is 11.5. The van der Waals surface area contributed by atoms with E-state index in [0.29, 0.717) is 0 Å². The van der Waals surface area contributed by atoms with Gasteiger partial charge in [-0.3, -0.25) is 14.9 Å². The van der Waals surface area contributed by atoms with Crippen molar-refractivity contribution in [2.24, 2.45) is 5.73 Å². The van der Waals surface area contributed by atoms with Gasteiger partial charge in [0.1, 0.15) is 0 Å². The van der Waals surface area contributed by atoms with Crippen molar-refractivity contribution in [2.75, 3.05) is 20.1 Å². The third-order valence-corrected chi connectivity index (χ3v) is 2.70. The molecule has 0 spiro atoms. The zero-order valence-electron chi connectivity index (χ0n) is 10.3. The molecule has 7 heteroatoms. The molecular weight excluding hydrogens is 236 g/mol. The molecule has 4 N–H and O–H groups in total. The molecule has 0 bridgehead atoms. The predicted octanol–water partition coefficient (Wildman–Crippen LogP) is -1.05. The molecule has 100 valence electrons. The Labute approximate surface area is 105 Å². The molecule has 1 aliphatic heterocycles. The number of hydrogen-bond donors (Lipinski definition) is 3. The van der Waals surface area contributed by atoms with Gasteiger partial charge < -0.3 is 16.0 Å². The molecule has 4 amide bonds. The normalized spacial score (nSPS) is 17.6. The molecule has 1 saturated heterocycles. The van der Waals surface area contributed by atoms with Gasteiger partial charge >= 0.3 is 6.03 Å². The first-order valence-electron chi connectivity index (χ1n) is 5.75. The average molecular weight is 254 g/mol. The van der Waals surface area contributed by atoms with Crippen LogP contribution < -0.4 is 16.4 Å². The van der Waals surface area contributed by atoms with Gasteiger partial charge in [0.25, 0.3) is 5.91 Å². The van der Waals surface area contributed by atoms with E-state index in [1.165, 1.54) is 0 Å². The van der Waals surface area contributed by atoms with Crippen molar-refractivity contribution in [3.63, 3.8) is 0 Å². The minimum Gasteiger partial charge on any atom is -0.351 e. The lowest BCUT2D eigenvalue weighted by atomic mass is 10.1. The quantitative estimate of drug-likeness (QED) is 0.559. The topological polar surface area (TPSA) is 105 Å². The number of nitrogens with one attached hydrogen (secondary N) is 2. The van der Waals surface area contributed by atoms with Crippen molar-refractivity contribution < 1.29 is 14.4 Å². The van der Waals surface area contributed by atoms with E-state index >= 15 is 0 Å². The number of nitrogens with two attached hydrogens (primary N) is 1. The van der Waals surface area contributed by atoms with Crippen LogP contribution in [0.5, 0.6) is 0 Å². The van der Waals surface area contributed by atoms with Crippen molar-refractivity contribution in [3.05, 3.63) is 12.2 Å². The highest BCUT2D eigenvalue weighted by molar-refractivity contribution is 6.03. The van der Waals surface area contributed by atoms with Gasteiger partial charge in [-0.2, -0.15) is 0 Å². The summed E-state index contributed by atoms with van der Waals surface area (Å²) >= 11 is 0. The highest BCUT2D eigenvalue weighted by Crippen LogP contribution is 2.07. The maximum Gasteiger partial charge on any atom is 0.319 e. The third kappa shape index (κ3) is 5.44. The lowest BCUT2D eigenvalue weighted by molar-refractivity contribution is -0.118. The Morgan fingerprint density at radius 1 is 1.17 bits per heavy atom. The van der Waals surface area contributed by atoms with Crippen LogP contribution in [0.2, 0.25) is 0 Å². The van der Waals surface area contributed by atoms with Gasteiger partial charge in [0.05, 0.1) is 0 Å². The monoisotopic (exact) mass is 254 g/mol. The van der Waals surface area contributed by atoms with E-state index < -0.39 is 11.9 Å². The zero-order chi connectivity index (χ0) is 13.5. The number of likely N-dealkylation sites (tertiary alicyclic amines) is 1. The van der Waals surface area contributed by atoms with Crippen LogP contribution in [0.25, 0.3) is 0 Å². The SMILES string of the molecule is CN1CCC(NC(=O)/C=C\C(=O)NC(N)=O)CC1. The molecule has 0 atom stereocenters. The number of primary amides is 1. The molecule has 0 aromatic rings. The van der Waals surface area contributed by atoms with Gasteiger partial charge in [-0.15, -0.1) is 0 Å². The second-order valence-electron chi connectivity index (χ2n) is 4.27. The van der Waals surface area contributed by atoms with Gasteiger partial charge in [-0.05, 0) is 33.0 Å². The van der Waals surface area contributed by atoms with Crippen LogP contribution in [0.4, 0.5) is 4.79 Å². The van der Waals surface area contributed by atoms with Crippen LogP contribution in [0.3, 0.4) is 0 Å². The Morgan fingerprint density at radius 3 is 2.28 bits per heavy atom. The highest BCUT2D eigenvalue weighted by atomic mass is 16.2. The molecule has 0 saturated carbocycles. The number of carbonyl (C=O) groups excluding carboxylic acids is 3. The number of rotatable bonds is 3. The number of carbonyl (C=O) groups is 3. The van der Waals surface area contributed by atoms with Gasteiger partial charge in [0, 0.05) is 18.2 Å². The summed E-state index contributed by atoms with van der Waals surface area (Å²) in [6, 6.07) is -0.807. The molecule has 1 aliphatic rings. The van der Waals surface area contributed by atoms with Crippen LogP contribution in [0.15, 0.2) is 12.2 Å². The van der Waals surface area contributed by atoms with Gasteiger partial charge in [0.2, 0.25) is 5.91 Å². The summed E-state index contributed by atoms with van der Waals surface area (Å²) in [6.45, 7) is 1.88. The third-order valence-electron chi connectivity index (χ3n) is 2.70. The van der Waals surface area contributed by atoms with E-state index in [4.69, 9.17) is 5.73 Å². The first-order valence-corrected chi connectivity index (χ1v) is 5.75. The van der Waals surface area contributed by atoms with Crippen LogP contribution >= 0.6 is 0 Å². The molecule has 0 radical (unpaired) electrons. The number of piperidine rings is 1. The minimum absolute atomic E-state index is 0.137. The summed E-state index contributed by atoms with van der Waals surface area (Å²) in [7, 11) is 2.03. The fourth-order valence-electron chi connectivity index (χ4n) is 1.72. The number of hydrogen-bond acceptors (Lipinski definition) is 4. The number of amides is 4. The van der Waals surface area contributed by atoms with E-state index in [9.17, 15) is 14.4 Å². The number of imide groups is 1. The van der Waals surface area contributed by atoms with Crippen molar-refractivity contribution in [1.29, 1.82) is 0 Å². The molecule has 18 heavy (non-hydrogen) atoms. The van der Waals surface area contributed by atoms with E-state index in [1.54, 1.807) is 0 Å². The summed E-state index contributed by atoms with van der Waals surface area (Å²) in [4.78, 5) is 35.0. The van der Waals surface area contributed by atoms with Crippen molar-refractivity contribution >= 4 is 17.8 Å². The van der Waals surface area contributed by atoms with Gasteiger partial charge in [-0.25, -0.2) is 4.79 Å². The van der Waals surface area contributed by atoms with E-state index in [2.05, 4.69) is 10.2 Å². The number of urea groups is 1. The lowest BCUT2D eigenvalue weighted by Gasteiger charge is -2.29. The molecule has 0 aromatic carbocycles. The predicted molar refractivity (Wildman–Crippen MR) is 65.5 cm³/mol. The van der Waals surface area contributed by atoms with Crippen LogP contribution in [0, 0.1) is 0 Å². The van der Waals surface area contributed by atoms with Crippen LogP contribution in [0.1, 0.15) is 12.8 Å². The Morgan fingerprint density at radius 2 is 1.72 bits per heavy atom. The fourth-order valence-corrected chi connectivity index (χ4v) is 1.72. The molecule has 1 rings (SSSR count). The zero-order valence-corrected chi connectivity index (χ0v) is 10.3. The van der Waals surface area contributed by atoms with Crippen molar-refractivity contribution in [3.8, 4) is 0 Å². The molecule has 0 unspecified atom stereocenters. The number of nitrogens with zero attached hydrogens (tertiary/aromatic N) is 1. The summed E-state index contributed by atoms with van der Waals surface area (Å²) in [5.41, 5.74) is 4.75. The second-order valence-corrected chi connectivity index (χ2v) is 4.27. The largest absolute Gasteiger partial charge is 0.351 e. The minimum atomic E-state index is -0.944. The maximum absolute atomic E-state index is 11.5. The van der Waals surface area contributed by atoms with Crippen molar-refractivity contribution in [2.45, 2.75) is 18.9 Å². The van der Waals surface area contributed by atoms with Gasteiger partial charge in [-0.1, -0.05) is 0 Å². The lowest BCUT2D eigenvalue weighted by Crippen LogP contribution is -2.43. The molecule has 0 aliphatic carbocycles. The van der Waals surface area contributed by atoms with Crippen molar-refractivity contribution in [1.82, 2.24) is 15.5 Å². The van der Waals surface area contributed by atoms with Gasteiger partial charge in [0.15, 0.2) is 0 Å². The average Bonchev–Trinajstić information content (AvgIpc) is 2.29. The molecule has 1 heterocycles. The Balaban J connectivity index is 2.30. The van der Waals surface area contributed by atoms with Crippen LogP contribution in [-0.2, 0) is 9.59 Å². The first-order chi connectivity index (χ1) is 8.47.